The average molecular weight is 386 g/mol. The van der Waals surface area contributed by atoms with Gasteiger partial charge in [0.15, 0.2) is 4.34 Å². The molecule has 0 amide bonds. The van der Waals surface area contributed by atoms with E-state index in [1.807, 2.05) is 31.2 Å². The van der Waals surface area contributed by atoms with Crippen molar-refractivity contribution >= 4 is 29.1 Å². The van der Waals surface area contributed by atoms with Gasteiger partial charge in [0.25, 0.3) is 0 Å². The highest BCUT2D eigenvalue weighted by Gasteiger charge is 2.12. The van der Waals surface area contributed by atoms with E-state index >= 15 is 0 Å². The van der Waals surface area contributed by atoms with Crippen molar-refractivity contribution in [3.63, 3.8) is 0 Å². The minimum atomic E-state index is -0.980. The summed E-state index contributed by atoms with van der Waals surface area (Å²) < 4.78 is 0.988. The van der Waals surface area contributed by atoms with E-state index < -0.39 is 12.0 Å². The molecule has 0 radical (unpaired) electrons. The van der Waals surface area contributed by atoms with E-state index in [4.69, 9.17) is 10.8 Å². The van der Waals surface area contributed by atoms with Crippen molar-refractivity contribution in [1.29, 1.82) is 0 Å². The zero-order valence-electron chi connectivity index (χ0n) is 14.3. The molecular weight excluding hydrogens is 366 g/mol. The summed E-state index contributed by atoms with van der Waals surface area (Å²) in [6.45, 7) is 1.96. The van der Waals surface area contributed by atoms with Crippen LogP contribution in [-0.4, -0.2) is 27.3 Å². The van der Waals surface area contributed by atoms with E-state index in [0.29, 0.717) is 6.42 Å². The van der Waals surface area contributed by atoms with Crippen molar-refractivity contribution in [1.82, 2.24) is 10.2 Å². The highest BCUT2D eigenvalue weighted by Crippen LogP contribution is 2.27. The molecule has 0 saturated carbocycles. The van der Waals surface area contributed by atoms with Crippen molar-refractivity contribution in [2.24, 2.45) is 5.73 Å². The molecule has 1 aromatic heterocycles. The van der Waals surface area contributed by atoms with Crippen molar-refractivity contribution in [3.05, 3.63) is 64.7 Å². The number of rotatable bonds is 7. The fraction of sp³-hybridized carbons (Fsp3) is 0.211. The third-order valence-electron chi connectivity index (χ3n) is 3.88. The lowest BCUT2D eigenvalue weighted by molar-refractivity contribution is -0.138. The normalized spacial score (nSPS) is 12.1. The van der Waals surface area contributed by atoms with Gasteiger partial charge in [-0.2, -0.15) is 0 Å². The third-order valence-corrected chi connectivity index (χ3v) is 5.93. The Bertz CT molecular complexity index is 877. The van der Waals surface area contributed by atoms with Gasteiger partial charge in [0, 0.05) is 5.75 Å². The predicted octanol–water partition coefficient (Wildman–Crippen LogP) is 3.76. The molecule has 134 valence electrons. The van der Waals surface area contributed by atoms with Crippen LogP contribution in [0.1, 0.15) is 16.1 Å². The van der Waals surface area contributed by atoms with Crippen LogP contribution in [-0.2, 0) is 17.0 Å². The van der Waals surface area contributed by atoms with Gasteiger partial charge in [-0.15, -0.1) is 10.2 Å². The number of thioether (sulfide) groups is 1. The SMILES string of the molecule is Cc1nnc(SCc2ccc(-c3ccc(CC(N)C(=O)O)cc3)cc2)s1. The van der Waals surface area contributed by atoms with Crippen molar-refractivity contribution in [2.75, 3.05) is 0 Å². The Morgan fingerprint density at radius 1 is 1.08 bits per heavy atom. The van der Waals surface area contributed by atoms with Gasteiger partial charge < -0.3 is 10.8 Å². The second kappa shape index (κ2) is 8.44. The molecule has 7 heteroatoms. The summed E-state index contributed by atoms with van der Waals surface area (Å²) >= 11 is 3.30. The number of nitrogens with two attached hydrogens (primary N) is 1. The molecule has 0 spiro atoms. The lowest BCUT2D eigenvalue weighted by Gasteiger charge is -2.08. The topological polar surface area (TPSA) is 89.1 Å². The summed E-state index contributed by atoms with van der Waals surface area (Å²) in [4.78, 5) is 10.8. The first-order chi connectivity index (χ1) is 12.5. The molecule has 3 N–H and O–H groups in total. The van der Waals surface area contributed by atoms with E-state index in [2.05, 4.69) is 34.5 Å². The smallest absolute Gasteiger partial charge is 0.320 e. The van der Waals surface area contributed by atoms with E-state index in [9.17, 15) is 4.79 Å². The Labute approximate surface area is 160 Å². The van der Waals surface area contributed by atoms with E-state index in [-0.39, 0.29) is 0 Å². The second-order valence-electron chi connectivity index (χ2n) is 5.92. The number of carboxylic acid groups (broad SMARTS) is 1. The van der Waals surface area contributed by atoms with Crippen LogP contribution >= 0.6 is 23.1 Å². The maximum atomic E-state index is 10.8. The Hall–Kier alpha value is -2.22. The lowest BCUT2D eigenvalue weighted by Crippen LogP contribution is -2.32. The van der Waals surface area contributed by atoms with Gasteiger partial charge in [-0.1, -0.05) is 71.6 Å². The molecule has 3 aromatic rings. The number of aryl methyl sites for hydroxylation is 1. The first-order valence-corrected chi connectivity index (χ1v) is 9.91. The maximum Gasteiger partial charge on any atom is 0.320 e. The summed E-state index contributed by atoms with van der Waals surface area (Å²) in [5.41, 5.74) is 9.95. The zero-order valence-corrected chi connectivity index (χ0v) is 15.9. The van der Waals surface area contributed by atoms with E-state index in [1.165, 1.54) is 5.56 Å². The van der Waals surface area contributed by atoms with Crippen LogP contribution in [0.4, 0.5) is 0 Å². The minimum Gasteiger partial charge on any atom is -0.480 e. The number of nitrogens with zero attached hydrogens (tertiary/aromatic N) is 2. The molecule has 0 aliphatic carbocycles. The summed E-state index contributed by atoms with van der Waals surface area (Å²) in [5.74, 6) is -0.118. The van der Waals surface area contributed by atoms with Crippen molar-refractivity contribution in [3.8, 4) is 11.1 Å². The number of hydrogen-bond acceptors (Lipinski definition) is 6. The molecule has 0 aliphatic heterocycles. The molecule has 0 aliphatic rings. The van der Waals surface area contributed by atoms with Gasteiger partial charge in [-0.3, -0.25) is 4.79 Å². The van der Waals surface area contributed by atoms with Crippen LogP contribution in [0, 0.1) is 6.92 Å². The Morgan fingerprint density at radius 2 is 1.65 bits per heavy atom. The summed E-state index contributed by atoms with van der Waals surface area (Å²) in [6, 6.07) is 15.4. The van der Waals surface area contributed by atoms with Crippen molar-refractivity contribution < 1.29 is 9.90 Å². The number of aliphatic carboxylic acids is 1. The standard InChI is InChI=1S/C19H19N3O2S2/c1-12-21-22-19(26-12)25-11-14-4-8-16(9-5-14)15-6-2-13(3-7-15)10-17(20)18(23)24/h2-9,17H,10-11,20H2,1H3,(H,23,24). The number of aromatic nitrogens is 2. The highest BCUT2D eigenvalue weighted by molar-refractivity contribution is 8.00. The lowest BCUT2D eigenvalue weighted by atomic mass is 10.0. The first-order valence-electron chi connectivity index (χ1n) is 8.11. The molecule has 5 nitrogen and oxygen atoms in total. The molecule has 1 atom stereocenters. The molecule has 26 heavy (non-hydrogen) atoms. The average Bonchev–Trinajstić information content (AvgIpc) is 3.06. The number of carboxylic acids is 1. The third kappa shape index (κ3) is 4.91. The molecule has 0 bridgehead atoms. The summed E-state index contributed by atoms with van der Waals surface area (Å²) in [5, 5.41) is 18.0. The monoisotopic (exact) mass is 385 g/mol. The minimum absolute atomic E-state index is 0.330. The molecule has 1 heterocycles. The molecule has 0 saturated heterocycles. The van der Waals surface area contributed by atoms with E-state index in [1.54, 1.807) is 23.1 Å². The van der Waals surface area contributed by atoms with Crippen LogP contribution < -0.4 is 5.73 Å². The Balaban J connectivity index is 1.61. The zero-order chi connectivity index (χ0) is 18.5. The Morgan fingerprint density at radius 3 is 2.15 bits per heavy atom. The quantitative estimate of drug-likeness (QED) is 0.602. The van der Waals surface area contributed by atoms with Gasteiger partial charge in [-0.25, -0.2) is 0 Å². The molecule has 1 unspecified atom stereocenters. The fourth-order valence-electron chi connectivity index (χ4n) is 2.45. The fourth-order valence-corrected chi connectivity index (χ4v) is 4.22. The maximum absolute atomic E-state index is 10.8. The number of benzene rings is 2. The van der Waals surface area contributed by atoms with Gasteiger partial charge in [0.05, 0.1) is 0 Å². The van der Waals surface area contributed by atoms with Gasteiger partial charge in [0.2, 0.25) is 0 Å². The van der Waals surface area contributed by atoms with Crippen LogP contribution in [0.2, 0.25) is 0 Å². The molecular formula is C19H19N3O2S2. The van der Waals surface area contributed by atoms with E-state index in [0.717, 1.165) is 31.8 Å². The molecule has 3 rings (SSSR count). The molecule has 2 aromatic carbocycles. The molecule has 0 fully saturated rings. The van der Waals surface area contributed by atoms with Gasteiger partial charge >= 0.3 is 5.97 Å². The Kier molecular flexibility index (Phi) is 6.03. The van der Waals surface area contributed by atoms with Gasteiger partial charge in [0.1, 0.15) is 11.0 Å². The predicted molar refractivity (Wildman–Crippen MR) is 105 cm³/mol. The van der Waals surface area contributed by atoms with Crippen LogP contribution in [0.3, 0.4) is 0 Å². The van der Waals surface area contributed by atoms with Crippen LogP contribution in [0.15, 0.2) is 52.9 Å². The van der Waals surface area contributed by atoms with Crippen LogP contribution in [0.25, 0.3) is 11.1 Å². The van der Waals surface area contributed by atoms with Gasteiger partial charge in [-0.05, 0) is 35.6 Å². The number of hydrogen-bond donors (Lipinski definition) is 2. The summed E-state index contributed by atoms with van der Waals surface area (Å²) in [7, 11) is 0. The first kappa shape index (κ1) is 18.6. The summed E-state index contributed by atoms with van der Waals surface area (Å²) in [6.07, 6.45) is 0.330. The highest BCUT2D eigenvalue weighted by atomic mass is 32.2. The van der Waals surface area contributed by atoms with Crippen molar-refractivity contribution in [2.45, 2.75) is 29.5 Å². The number of carbonyl (C=O) groups is 1. The second-order valence-corrected chi connectivity index (χ2v) is 8.32. The van der Waals surface area contributed by atoms with Crippen LogP contribution in [0.5, 0.6) is 0 Å². The largest absolute Gasteiger partial charge is 0.480 e.